The Balaban J connectivity index is 1.36. The van der Waals surface area contributed by atoms with Gasteiger partial charge in [-0.3, -0.25) is 0 Å². The molecule has 4 bridgehead atoms. The van der Waals surface area contributed by atoms with Gasteiger partial charge in [0.05, 0.1) is 12.1 Å². The van der Waals surface area contributed by atoms with E-state index in [0.717, 1.165) is 48.3 Å². The fraction of sp³-hybridized carbons (Fsp3) is 0.900. The Hall–Kier alpha value is -1.26. The van der Waals surface area contributed by atoms with Crippen molar-refractivity contribution in [2.24, 2.45) is 52.3 Å². The predicted molar refractivity (Wildman–Crippen MR) is 90.2 cm³/mol. The molecule has 0 radical (unpaired) electrons. The minimum atomic E-state index is 0.0280. The summed E-state index contributed by atoms with van der Waals surface area (Å²) < 4.78 is 5.62. The van der Waals surface area contributed by atoms with Gasteiger partial charge in [0, 0.05) is 6.04 Å². The van der Waals surface area contributed by atoms with Crippen molar-refractivity contribution in [1.82, 2.24) is 13.9 Å². The summed E-state index contributed by atoms with van der Waals surface area (Å²) in [5.74, 6) is 5.47. The molecule has 6 saturated carbocycles. The van der Waals surface area contributed by atoms with Gasteiger partial charge >= 0.3 is 11.4 Å². The minimum Gasteiger partial charge on any atom is -0.246 e. The third-order valence-corrected chi connectivity index (χ3v) is 11.3. The Kier molecular flexibility index (Phi) is 1.62. The first-order chi connectivity index (χ1) is 11.9. The predicted octanol–water partition coefficient (Wildman–Crippen LogP) is 2.05. The molecule has 7 atom stereocenters. The first-order valence-corrected chi connectivity index (χ1v) is 10.3. The van der Waals surface area contributed by atoms with Gasteiger partial charge in [0.25, 0.3) is 0 Å². The molecule has 132 valence electrons. The molecule has 3 heterocycles. The van der Waals surface area contributed by atoms with Crippen LogP contribution in [-0.2, 0) is 0 Å². The van der Waals surface area contributed by atoms with Crippen LogP contribution in [0.2, 0.25) is 0 Å². The van der Waals surface area contributed by atoms with Crippen molar-refractivity contribution in [3.05, 3.63) is 21.0 Å². The fourth-order valence-electron chi connectivity index (χ4n) is 9.82. The molecule has 0 amide bonds. The van der Waals surface area contributed by atoms with E-state index in [-0.39, 0.29) is 28.3 Å². The lowest BCUT2D eigenvalue weighted by atomic mass is 9.16. The van der Waals surface area contributed by atoms with Crippen molar-refractivity contribution in [3.63, 3.8) is 0 Å². The van der Waals surface area contributed by atoms with Gasteiger partial charge in [-0.1, -0.05) is 20.8 Å². The highest BCUT2D eigenvalue weighted by Gasteiger charge is 2.90. The highest BCUT2D eigenvalue weighted by molar-refractivity contribution is 5.37. The van der Waals surface area contributed by atoms with Crippen LogP contribution in [0, 0.1) is 52.3 Å². The molecular formula is C20H25N3O2. The number of rotatable bonds is 1. The number of hydrogen-bond acceptors (Lipinski definition) is 2. The molecule has 5 nitrogen and oxygen atoms in total. The summed E-state index contributed by atoms with van der Waals surface area (Å²) in [7, 11) is 0. The lowest BCUT2D eigenvalue weighted by molar-refractivity contribution is -0.450. The standard InChI is InChI=1S/C20H25N3O2/c1-19(2)7-4-5-20(19,3)8(6-7)21-17(24)22-15-11-9-10-13(11)16(14(10)12(9)15)23(22)18(21)25/h7-16H,4-6H2,1-3H3/t7-,8+,9?,10?,11-,12-,13+,14+,15?,16?,20+/m0/s1. The van der Waals surface area contributed by atoms with Gasteiger partial charge in [-0.2, -0.15) is 0 Å². The molecule has 2 aliphatic heterocycles. The molecule has 8 aliphatic rings. The van der Waals surface area contributed by atoms with Crippen LogP contribution in [0.15, 0.2) is 9.59 Å². The maximum absolute atomic E-state index is 13.4. The van der Waals surface area contributed by atoms with E-state index in [2.05, 4.69) is 20.8 Å². The number of aromatic nitrogens is 3. The average Bonchev–Trinajstić information content (AvgIpc) is 2.99. The normalized spacial score (nSPS) is 61.7. The smallest absolute Gasteiger partial charge is 0.246 e. The van der Waals surface area contributed by atoms with Crippen molar-refractivity contribution >= 4 is 0 Å². The molecule has 0 saturated heterocycles. The van der Waals surface area contributed by atoms with Crippen LogP contribution < -0.4 is 11.4 Å². The van der Waals surface area contributed by atoms with Crippen LogP contribution in [0.5, 0.6) is 0 Å². The highest BCUT2D eigenvalue weighted by Crippen LogP contribution is 2.91. The highest BCUT2D eigenvalue weighted by atomic mass is 16.2. The summed E-state index contributed by atoms with van der Waals surface area (Å²) >= 11 is 0. The van der Waals surface area contributed by atoms with E-state index in [1.807, 2.05) is 9.36 Å². The second-order valence-electron chi connectivity index (χ2n) is 11.2. The monoisotopic (exact) mass is 339 g/mol. The zero-order chi connectivity index (χ0) is 16.8. The van der Waals surface area contributed by atoms with Crippen LogP contribution in [0.25, 0.3) is 0 Å². The summed E-state index contributed by atoms with van der Waals surface area (Å²) in [6.07, 6.45) is 3.43. The zero-order valence-corrected chi connectivity index (χ0v) is 15.1. The minimum absolute atomic E-state index is 0.0280. The number of fused-ring (bicyclic) bond motifs is 2. The molecule has 25 heavy (non-hydrogen) atoms. The molecule has 0 aromatic carbocycles. The van der Waals surface area contributed by atoms with Crippen molar-refractivity contribution in [1.29, 1.82) is 0 Å². The Morgan fingerprint density at radius 3 is 1.76 bits per heavy atom. The van der Waals surface area contributed by atoms with Gasteiger partial charge in [0.1, 0.15) is 0 Å². The summed E-state index contributed by atoms with van der Waals surface area (Å²) in [5, 5.41) is 0. The molecule has 9 rings (SSSR count). The van der Waals surface area contributed by atoms with Gasteiger partial charge < -0.3 is 0 Å². The second-order valence-corrected chi connectivity index (χ2v) is 11.2. The Morgan fingerprint density at radius 2 is 1.36 bits per heavy atom. The SMILES string of the molecule is CC1(C)[C@H]2CC[C@]1(C)[C@H](n1c(=O)n3n(c1=O)C1[C@@H]4C5C6[C@@H]4C3[C@@H]6[C@@H]51)C2. The van der Waals surface area contributed by atoms with E-state index in [1.165, 1.54) is 6.42 Å². The first-order valence-electron chi connectivity index (χ1n) is 10.3. The van der Waals surface area contributed by atoms with E-state index < -0.39 is 0 Å². The Labute approximate surface area is 146 Å². The van der Waals surface area contributed by atoms with E-state index in [9.17, 15) is 9.59 Å². The van der Waals surface area contributed by atoms with Gasteiger partial charge in [0.2, 0.25) is 0 Å². The Morgan fingerprint density at radius 1 is 0.840 bits per heavy atom. The molecule has 5 heteroatoms. The first kappa shape index (κ1) is 13.0. The van der Waals surface area contributed by atoms with Crippen LogP contribution in [0.3, 0.4) is 0 Å². The summed E-state index contributed by atoms with van der Waals surface area (Å²) in [6, 6.07) is 0.845. The molecule has 1 aromatic heterocycles. The van der Waals surface area contributed by atoms with Gasteiger partial charge in [0.15, 0.2) is 0 Å². The zero-order valence-electron chi connectivity index (χ0n) is 15.1. The maximum Gasteiger partial charge on any atom is 0.347 e. The largest absolute Gasteiger partial charge is 0.347 e. The van der Waals surface area contributed by atoms with E-state index in [0.29, 0.717) is 18.0 Å². The quantitative estimate of drug-likeness (QED) is 0.786. The van der Waals surface area contributed by atoms with E-state index in [4.69, 9.17) is 0 Å². The molecular weight excluding hydrogens is 314 g/mol. The fourth-order valence-corrected chi connectivity index (χ4v) is 9.82. The van der Waals surface area contributed by atoms with Gasteiger partial charge in [-0.05, 0) is 71.5 Å². The lowest BCUT2D eigenvalue weighted by Crippen LogP contribution is -2.91. The number of hydrogen-bond donors (Lipinski definition) is 0. The Bertz CT molecular complexity index is 936. The average molecular weight is 339 g/mol. The van der Waals surface area contributed by atoms with Crippen molar-refractivity contribution in [3.8, 4) is 0 Å². The van der Waals surface area contributed by atoms with Crippen molar-refractivity contribution < 1.29 is 0 Å². The van der Waals surface area contributed by atoms with E-state index in [1.54, 1.807) is 4.57 Å². The molecule has 0 spiro atoms. The van der Waals surface area contributed by atoms with Crippen LogP contribution >= 0.6 is 0 Å². The molecule has 1 aromatic rings. The maximum atomic E-state index is 13.4. The molecule has 6 fully saturated rings. The van der Waals surface area contributed by atoms with Crippen LogP contribution in [-0.4, -0.2) is 13.9 Å². The lowest BCUT2D eigenvalue weighted by Gasteiger charge is -2.91. The van der Waals surface area contributed by atoms with Crippen LogP contribution in [0.1, 0.15) is 58.2 Å². The second kappa shape index (κ2) is 3.11. The third-order valence-electron chi connectivity index (χ3n) is 11.3. The molecule has 0 unspecified atom stereocenters. The third kappa shape index (κ3) is 0.875. The van der Waals surface area contributed by atoms with Gasteiger partial charge in [-0.15, -0.1) is 0 Å². The molecule has 0 N–H and O–H groups in total. The van der Waals surface area contributed by atoms with Crippen LogP contribution in [0.4, 0.5) is 0 Å². The summed E-state index contributed by atoms with van der Waals surface area (Å²) in [6.45, 7) is 7.06. The summed E-state index contributed by atoms with van der Waals surface area (Å²) in [4.78, 5) is 26.9. The van der Waals surface area contributed by atoms with E-state index >= 15 is 0 Å². The summed E-state index contributed by atoms with van der Waals surface area (Å²) in [5.41, 5.74) is 0.361. The molecule has 6 aliphatic carbocycles. The van der Waals surface area contributed by atoms with Crippen molar-refractivity contribution in [2.45, 2.75) is 58.2 Å². The van der Waals surface area contributed by atoms with Gasteiger partial charge in [-0.25, -0.2) is 23.5 Å². The van der Waals surface area contributed by atoms with Crippen molar-refractivity contribution in [2.75, 3.05) is 0 Å². The number of nitrogens with zero attached hydrogens (tertiary/aromatic N) is 3. The topological polar surface area (TPSA) is 48.9 Å².